The van der Waals surface area contributed by atoms with E-state index in [0.29, 0.717) is 5.56 Å². The SMILES string of the molecule is COc1c(C)cc(C(=O)c2ccc(F)cc2Cl)cc1C. The van der Waals surface area contributed by atoms with Crippen LogP contribution in [0.5, 0.6) is 5.75 Å². The molecule has 0 aliphatic carbocycles. The molecule has 0 atom stereocenters. The van der Waals surface area contributed by atoms with Gasteiger partial charge >= 0.3 is 0 Å². The van der Waals surface area contributed by atoms with Gasteiger partial charge in [-0.05, 0) is 55.3 Å². The smallest absolute Gasteiger partial charge is 0.194 e. The van der Waals surface area contributed by atoms with E-state index < -0.39 is 5.82 Å². The Bertz CT molecular complexity index is 657. The molecule has 0 spiro atoms. The van der Waals surface area contributed by atoms with Crippen LogP contribution in [0.3, 0.4) is 0 Å². The van der Waals surface area contributed by atoms with E-state index >= 15 is 0 Å². The number of ether oxygens (including phenoxy) is 1. The first-order chi connectivity index (χ1) is 9.43. The second-order valence-electron chi connectivity index (χ2n) is 4.60. The fourth-order valence-electron chi connectivity index (χ4n) is 2.23. The third-order valence-corrected chi connectivity index (χ3v) is 3.42. The molecule has 0 aliphatic heterocycles. The number of benzene rings is 2. The minimum absolute atomic E-state index is 0.112. The Kier molecular flexibility index (Phi) is 4.09. The maximum Gasteiger partial charge on any atom is 0.194 e. The first-order valence-corrected chi connectivity index (χ1v) is 6.47. The topological polar surface area (TPSA) is 26.3 Å². The molecule has 2 aromatic carbocycles. The van der Waals surface area contributed by atoms with Gasteiger partial charge in [-0.3, -0.25) is 4.79 Å². The number of ketones is 1. The maximum atomic E-state index is 13.0. The standard InChI is InChI=1S/C16H14ClFO2/c1-9-6-11(7-10(2)16(9)20-3)15(19)13-5-4-12(18)8-14(13)17/h4-8H,1-3H3. The highest BCUT2D eigenvalue weighted by molar-refractivity contribution is 6.35. The summed E-state index contributed by atoms with van der Waals surface area (Å²) in [6.07, 6.45) is 0. The fourth-order valence-corrected chi connectivity index (χ4v) is 2.49. The van der Waals surface area contributed by atoms with Crippen molar-refractivity contribution in [1.29, 1.82) is 0 Å². The van der Waals surface area contributed by atoms with Gasteiger partial charge in [0.2, 0.25) is 0 Å². The lowest BCUT2D eigenvalue weighted by atomic mass is 9.98. The molecule has 0 N–H and O–H groups in total. The van der Waals surface area contributed by atoms with Crippen molar-refractivity contribution in [1.82, 2.24) is 0 Å². The van der Waals surface area contributed by atoms with Gasteiger partial charge in [0.15, 0.2) is 5.78 Å². The summed E-state index contributed by atoms with van der Waals surface area (Å²) in [4.78, 5) is 12.4. The van der Waals surface area contributed by atoms with Crippen LogP contribution in [-0.4, -0.2) is 12.9 Å². The van der Waals surface area contributed by atoms with E-state index in [4.69, 9.17) is 16.3 Å². The number of hydrogen-bond acceptors (Lipinski definition) is 2. The minimum Gasteiger partial charge on any atom is -0.496 e. The molecule has 0 saturated heterocycles. The summed E-state index contributed by atoms with van der Waals surface area (Å²) in [5.74, 6) is 0.0595. The quantitative estimate of drug-likeness (QED) is 0.787. The lowest BCUT2D eigenvalue weighted by molar-refractivity contribution is 0.103. The number of halogens is 2. The van der Waals surface area contributed by atoms with Crippen LogP contribution in [0, 0.1) is 19.7 Å². The molecule has 20 heavy (non-hydrogen) atoms. The molecule has 0 aliphatic rings. The van der Waals surface area contributed by atoms with Gasteiger partial charge in [0, 0.05) is 11.1 Å². The monoisotopic (exact) mass is 292 g/mol. The lowest BCUT2D eigenvalue weighted by Crippen LogP contribution is -2.04. The molecular formula is C16H14ClFO2. The summed E-state index contributed by atoms with van der Waals surface area (Å²) in [7, 11) is 1.59. The zero-order chi connectivity index (χ0) is 14.9. The van der Waals surface area contributed by atoms with Crippen molar-refractivity contribution in [2.24, 2.45) is 0 Å². The summed E-state index contributed by atoms with van der Waals surface area (Å²) < 4.78 is 18.3. The third-order valence-electron chi connectivity index (χ3n) is 3.10. The van der Waals surface area contributed by atoms with Crippen molar-refractivity contribution in [3.8, 4) is 5.75 Å². The van der Waals surface area contributed by atoms with Gasteiger partial charge in [0.1, 0.15) is 11.6 Å². The van der Waals surface area contributed by atoms with Crippen molar-refractivity contribution in [2.75, 3.05) is 7.11 Å². The summed E-state index contributed by atoms with van der Waals surface area (Å²) in [6.45, 7) is 3.74. The highest BCUT2D eigenvalue weighted by atomic mass is 35.5. The zero-order valence-electron chi connectivity index (χ0n) is 11.5. The Morgan fingerprint density at radius 3 is 2.25 bits per heavy atom. The van der Waals surface area contributed by atoms with Gasteiger partial charge in [-0.15, -0.1) is 0 Å². The largest absolute Gasteiger partial charge is 0.496 e. The van der Waals surface area contributed by atoms with E-state index in [1.54, 1.807) is 19.2 Å². The maximum absolute atomic E-state index is 13.0. The Morgan fingerprint density at radius 2 is 1.75 bits per heavy atom. The third kappa shape index (κ3) is 2.68. The molecule has 4 heteroatoms. The highest BCUT2D eigenvalue weighted by Gasteiger charge is 2.16. The fraction of sp³-hybridized carbons (Fsp3) is 0.188. The average Bonchev–Trinajstić information content (AvgIpc) is 2.37. The average molecular weight is 293 g/mol. The Labute approximate surface area is 122 Å². The molecule has 104 valence electrons. The number of rotatable bonds is 3. The van der Waals surface area contributed by atoms with Crippen molar-refractivity contribution in [3.05, 3.63) is 63.4 Å². The van der Waals surface area contributed by atoms with Crippen LogP contribution in [-0.2, 0) is 0 Å². The molecule has 0 heterocycles. The van der Waals surface area contributed by atoms with Gasteiger partial charge in [-0.25, -0.2) is 4.39 Å². The summed E-state index contributed by atoms with van der Waals surface area (Å²) >= 11 is 5.93. The number of carbonyl (C=O) groups excluding carboxylic acids is 1. The Morgan fingerprint density at radius 1 is 1.15 bits per heavy atom. The van der Waals surface area contributed by atoms with Gasteiger partial charge < -0.3 is 4.74 Å². The van der Waals surface area contributed by atoms with Crippen LogP contribution >= 0.6 is 11.6 Å². The van der Waals surface area contributed by atoms with E-state index in [-0.39, 0.29) is 16.4 Å². The molecule has 0 unspecified atom stereocenters. The molecule has 0 bridgehead atoms. The second kappa shape index (κ2) is 5.63. The van der Waals surface area contributed by atoms with Crippen molar-refractivity contribution in [3.63, 3.8) is 0 Å². The van der Waals surface area contributed by atoms with Crippen molar-refractivity contribution >= 4 is 17.4 Å². The molecule has 0 aromatic heterocycles. The van der Waals surface area contributed by atoms with Gasteiger partial charge in [0.05, 0.1) is 12.1 Å². The first-order valence-electron chi connectivity index (χ1n) is 6.09. The normalized spacial score (nSPS) is 10.4. The van der Waals surface area contributed by atoms with Crippen LogP contribution in [0.2, 0.25) is 5.02 Å². The van der Waals surface area contributed by atoms with Crippen LogP contribution < -0.4 is 4.74 Å². The molecule has 0 amide bonds. The molecule has 2 aromatic rings. The van der Waals surface area contributed by atoms with E-state index in [1.165, 1.54) is 12.1 Å². The zero-order valence-corrected chi connectivity index (χ0v) is 12.2. The van der Waals surface area contributed by atoms with Gasteiger partial charge in [0.25, 0.3) is 0 Å². The minimum atomic E-state index is -0.464. The predicted octanol–water partition coefficient (Wildman–Crippen LogP) is 4.34. The van der Waals surface area contributed by atoms with Crippen LogP contribution in [0.25, 0.3) is 0 Å². The molecule has 0 fully saturated rings. The van der Waals surface area contributed by atoms with E-state index in [2.05, 4.69) is 0 Å². The highest BCUT2D eigenvalue weighted by Crippen LogP contribution is 2.27. The number of methoxy groups -OCH3 is 1. The lowest BCUT2D eigenvalue weighted by Gasteiger charge is -2.11. The first kappa shape index (κ1) is 14.5. The van der Waals surface area contributed by atoms with E-state index in [9.17, 15) is 9.18 Å². The number of carbonyl (C=O) groups is 1. The Balaban J connectivity index is 2.49. The second-order valence-corrected chi connectivity index (χ2v) is 5.00. The van der Waals surface area contributed by atoms with Crippen LogP contribution in [0.4, 0.5) is 4.39 Å². The van der Waals surface area contributed by atoms with Gasteiger partial charge in [-0.2, -0.15) is 0 Å². The molecular weight excluding hydrogens is 279 g/mol. The summed E-state index contributed by atoms with van der Waals surface area (Å²) in [5, 5.41) is 0.112. The van der Waals surface area contributed by atoms with Gasteiger partial charge in [-0.1, -0.05) is 11.6 Å². The van der Waals surface area contributed by atoms with Crippen molar-refractivity contribution in [2.45, 2.75) is 13.8 Å². The summed E-state index contributed by atoms with van der Waals surface area (Å²) in [5.41, 5.74) is 2.54. The molecule has 2 nitrogen and oxygen atoms in total. The molecule has 0 radical (unpaired) electrons. The van der Waals surface area contributed by atoms with E-state index in [0.717, 1.165) is 22.9 Å². The molecule has 0 saturated carbocycles. The Hall–Kier alpha value is -1.87. The van der Waals surface area contributed by atoms with Crippen LogP contribution in [0.1, 0.15) is 27.0 Å². The predicted molar refractivity (Wildman–Crippen MR) is 77.3 cm³/mol. The van der Waals surface area contributed by atoms with E-state index in [1.807, 2.05) is 13.8 Å². The molecule has 2 rings (SSSR count). The van der Waals surface area contributed by atoms with Crippen molar-refractivity contribution < 1.29 is 13.9 Å². The number of aryl methyl sites for hydroxylation is 2. The number of hydrogen-bond donors (Lipinski definition) is 0. The van der Waals surface area contributed by atoms with Crippen LogP contribution in [0.15, 0.2) is 30.3 Å². The summed E-state index contributed by atoms with van der Waals surface area (Å²) in [6, 6.07) is 7.25.